The smallest absolute Gasteiger partial charge is 0.173 e. The number of aromatic nitrogens is 2. The van der Waals surface area contributed by atoms with Crippen molar-refractivity contribution < 1.29 is 13.6 Å². The SMILES string of the molecule is NCC(CC(=O)c1cc2c(s1)CCCn1ncc(Cl)c1-2)Cc1ccc(F)cc1F. The number of hydrogen-bond donors (Lipinski definition) is 1. The summed E-state index contributed by atoms with van der Waals surface area (Å²) in [5, 5.41) is 4.90. The Morgan fingerprint density at radius 3 is 2.93 bits per heavy atom. The van der Waals surface area contributed by atoms with Crippen molar-refractivity contribution in [2.45, 2.75) is 32.2 Å². The van der Waals surface area contributed by atoms with Gasteiger partial charge in [-0.3, -0.25) is 9.48 Å². The molecule has 1 atom stereocenters. The molecule has 1 aliphatic heterocycles. The summed E-state index contributed by atoms with van der Waals surface area (Å²) >= 11 is 7.81. The maximum atomic E-state index is 14.0. The lowest BCUT2D eigenvalue weighted by atomic mass is 9.93. The predicted molar refractivity (Wildman–Crippen MR) is 110 cm³/mol. The molecule has 1 aliphatic rings. The zero-order valence-corrected chi connectivity index (χ0v) is 17.2. The molecular formula is C21H20ClF2N3OS. The van der Waals surface area contributed by atoms with E-state index < -0.39 is 11.6 Å². The summed E-state index contributed by atoms with van der Waals surface area (Å²) in [5.74, 6) is -1.48. The van der Waals surface area contributed by atoms with Crippen LogP contribution in [0.4, 0.5) is 8.78 Å². The average Bonchev–Trinajstić information content (AvgIpc) is 3.22. The van der Waals surface area contributed by atoms with Crippen molar-refractivity contribution in [2.24, 2.45) is 11.7 Å². The second-order valence-corrected chi connectivity index (χ2v) is 8.83. The lowest BCUT2D eigenvalue weighted by Gasteiger charge is -2.14. The Labute approximate surface area is 176 Å². The molecule has 0 bridgehead atoms. The fourth-order valence-electron chi connectivity index (χ4n) is 3.74. The fourth-order valence-corrected chi connectivity index (χ4v) is 5.14. The number of rotatable bonds is 6. The molecule has 152 valence electrons. The van der Waals surface area contributed by atoms with Gasteiger partial charge >= 0.3 is 0 Å². The van der Waals surface area contributed by atoms with Crippen molar-refractivity contribution in [3.63, 3.8) is 0 Å². The van der Waals surface area contributed by atoms with Crippen LogP contribution in [0.1, 0.15) is 33.0 Å². The molecule has 0 saturated heterocycles. The van der Waals surface area contributed by atoms with Crippen molar-refractivity contribution in [2.75, 3.05) is 6.54 Å². The van der Waals surface area contributed by atoms with Gasteiger partial charge in [-0.25, -0.2) is 8.78 Å². The van der Waals surface area contributed by atoms with E-state index in [4.69, 9.17) is 17.3 Å². The number of aryl methyl sites for hydroxylation is 2. The molecule has 4 rings (SSSR count). The quantitative estimate of drug-likeness (QED) is 0.561. The molecule has 2 N–H and O–H groups in total. The highest BCUT2D eigenvalue weighted by Crippen LogP contribution is 2.39. The number of fused-ring (bicyclic) bond motifs is 3. The van der Waals surface area contributed by atoms with Gasteiger partial charge in [0.05, 0.1) is 21.8 Å². The van der Waals surface area contributed by atoms with Crippen molar-refractivity contribution in [3.05, 3.63) is 62.4 Å². The van der Waals surface area contributed by atoms with Crippen LogP contribution in [0.25, 0.3) is 11.3 Å². The summed E-state index contributed by atoms with van der Waals surface area (Å²) < 4.78 is 29.0. The fraction of sp³-hybridized carbons (Fsp3) is 0.333. The second kappa shape index (κ2) is 8.34. The highest BCUT2D eigenvalue weighted by Gasteiger charge is 2.24. The van der Waals surface area contributed by atoms with Gasteiger partial charge in [0.25, 0.3) is 0 Å². The Hall–Kier alpha value is -2.09. The molecule has 3 heterocycles. The van der Waals surface area contributed by atoms with Gasteiger partial charge in [0, 0.05) is 29.5 Å². The summed E-state index contributed by atoms with van der Waals surface area (Å²) in [7, 11) is 0. The van der Waals surface area contributed by atoms with Crippen LogP contribution in [0.2, 0.25) is 5.02 Å². The molecule has 2 aromatic heterocycles. The topological polar surface area (TPSA) is 60.9 Å². The van der Waals surface area contributed by atoms with E-state index >= 15 is 0 Å². The zero-order valence-electron chi connectivity index (χ0n) is 15.6. The molecule has 0 radical (unpaired) electrons. The molecule has 29 heavy (non-hydrogen) atoms. The monoisotopic (exact) mass is 435 g/mol. The Kier molecular flexibility index (Phi) is 5.81. The minimum atomic E-state index is -0.621. The maximum Gasteiger partial charge on any atom is 0.173 e. The molecule has 8 heteroatoms. The molecule has 0 spiro atoms. The molecule has 0 aliphatic carbocycles. The number of thiophene rings is 1. The van der Waals surface area contributed by atoms with Crippen LogP contribution in [-0.4, -0.2) is 22.1 Å². The van der Waals surface area contributed by atoms with E-state index in [1.165, 1.54) is 23.5 Å². The van der Waals surface area contributed by atoms with E-state index in [2.05, 4.69) is 5.10 Å². The highest BCUT2D eigenvalue weighted by molar-refractivity contribution is 7.14. The van der Waals surface area contributed by atoms with Gasteiger partial charge in [-0.15, -0.1) is 11.3 Å². The number of carbonyl (C=O) groups excluding carboxylic acids is 1. The standard InChI is InChI=1S/C21H20ClF2N3OS/c22-16-11-26-27-5-1-2-19-15(21(16)27)9-20(29-19)18(28)7-12(10-25)6-13-3-4-14(23)8-17(13)24/h3-4,8-9,11-12H,1-2,5-7,10,25H2. The Morgan fingerprint density at radius 1 is 1.34 bits per heavy atom. The normalized spacial score (nSPS) is 14.2. The predicted octanol–water partition coefficient (Wildman–Crippen LogP) is 4.88. The third kappa shape index (κ3) is 4.13. The summed E-state index contributed by atoms with van der Waals surface area (Å²) in [6, 6.07) is 5.37. The third-order valence-corrected chi connectivity index (χ3v) is 6.75. The first-order valence-corrected chi connectivity index (χ1v) is 10.7. The molecule has 0 saturated carbocycles. The van der Waals surface area contributed by atoms with E-state index in [9.17, 15) is 13.6 Å². The number of halogens is 3. The van der Waals surface area contributed by atoms with E-state index in [1.807, 2.05) is 10.7 Å². The van der Waals surface area contributed by atoms with E-state index in [0.717, 1.165) is 41.6 Å². The number of ketones is 1. The molecule has 3 aromatic rings. The first-order valence-electron chi connectivity index (χ1n) is 9.48. The van der Waals surface area contributed by atoms with E-state index in [0.29, 0.717) is 15.5 Å². The number of Topliss-reactive ketones (excluding diaryl/α,β-unsaturated/α-hetero) is 1. The molecule has 4 nitrogen and oxygen atoms in total. The van der Waals surface area contributed by atoms with Crippen molar-refractivity contribution in [1.29, 1.82) is 0 Å². The molecule has 0 fully saturated rings. The highest BCUT2D eigenvalue weighted by atomic mass is 35.5. The maximum absolute atomic E-state index is 14.0. The number of nitrogens with two attached hydrogens (primary N) is 1. The molecule has 0 amide bonds. The average molecular weight is 436 g/mol. The Morgan fingerprint density at radius 2 is 2.17 bits per heavy atom. The number of hydrogen-bond acceptors (Lipinski definition) is 4. The summed E-state index contributed by atoms with van der Waals surface area (Å²) in [6.07, 6.45) is 3.93. The lowest BCUT2D eigenvalue weighted by molar-refractivity contribution is 0.0966. The van der Waals surface area contributed by atoms with Crippen molar-refractivity contribution >= 4 is 28.7 Å². The largest absolute Gasteiger partial charge is 0.330 e. The summed E-state index contributed by atoms with van der Waals surface area (Å²) in [5.41, 5.74) is 8.03. The van der Waals surface area contributed by atoms with Crippen molar-refractivity contribution in [1.82, 2.24) is 9.78 Å². The second-order valence-electron chi connectivity index (χ2n) is 7.28. The summed E-state index contributed by atoms with van der Waals surface area (Å²) in [6.45, 7) is 1.04. The molecule has 1 aromatic carbocycles. The van der Waals surface area contributed by atoms with Crippen LogP contribution in [0.3, 0.4) is 0 Å². The Balaban J connectivity index is 1.54. The van der Waals surface area contributed by atoms with Gasteiger partial charge in [0.1, 0.15) is 11.6 Å². The van der Waals surface area contributed by atoms with Crippen LogP contribution < -0.4 is 5.73 Å². The first kappa shape index (κ1) is 20.2. The minimum absolute atomic E-state index is 0.0248. The number of benzene rings is 1. The van der Waals surface area contributed by atoms with Crippen molar-refractivity contribution in [3.8, 4) is 11.3 Å². The zero-order chi connectivity index (χ0) is 20.5. The van der Waals surface area contributed by atoms with Crippen LogP contribution in [-0.2, 0) is 19.4 Å². The Bertz CT molecular complexity index is 1060. The van der Waals surface area contributed by atoms with Gasteiger partial charge in [-0.05, 0) is 49.4 Å². The lowest BCUT2D eigenvalue weighted by Crippen LogP contribution is -2.20. The minimum Gasteiger partial charge on any atom is -0.330 e. The van der Waals surface area contributed by atoms with Gasteiger partial charge in [-0.1, -0.05) is 17.7 Å². The van der Waals surface area contributed by atoms with Crippen LogP contribution in [0.5, 0.6) is 0 Å². The van der Waals surface area contributed by atoms with E-state index in [-0.39, 0.29) is 31.1 Å². The van der Waals surface area contributed by atoms with Crippen LogP contribution in [0, 0.1) is 17.6 Å². The van der Waals surface area contributed by atoms with Gasteiger partial charge in [0.15, 0.2) is 5.78 Å². The van der Waals surface area contributed by atoms with Gasteiger partial charge in [0.2, 0.25) is 0 Å². The van der Waals surface area contributed by atoms with E-state index in [1.54, 1.807) is 6.20 Å². The number of nitrogens with zero attached hydrogens (tertiary/aromatic N) is 2. The third-order valence-electron chi connectivity index (χ3n) is 5.24. The van der Waals surface area contributed by atoms with Gasteiger partial charge in [-0.2, -0.15) is 5.10 Å². The van der Waals surface area contributed by atoms with Crippen LogP contribution >= 0.6 is 22.9 Å². The van der Waals surface area contributed by atoms with Crippen LogP contribution in [0.15, 0.2) is 30.5 Å². The molecule has 1 unspecified atom stereocenters. The number of carbonyl (C=O) groups is 1. The van der Waals surface area contributed by atoms with Gasteiger partial charge < -0.3 is 5.73 Å². The first-order chi connectivity index (χ1) is 14.0. The molecular weight excluding hydrogens is 416 g/mol. The summed E-state index contributed by atoms with van der Waals surface area (Å²) in [4.78, 5) is 14.7.